The molecule has 0 atom stereocenters. The molecule has 1 fully saturated rings. The maximum absolute atomic E-state index is 13.5. The van der Waals surface area contributed by atoms with Gasteiger partial charge < -0.3 is 4.42 Å². The number of rotatable bonds is 6. The van der Waals surface area contributed by atoms with E-state index in [9.17, 15) is 17.2 Å². The molecule has 2 aromatic carbocycles. The molecule has 1 saturated heterocycles. The van der Waals surface area contributed by atoms with Crippen molar-refractivity contribution in [1.82, 2.24) is 4.90 Å². The van der Waals surface area contributed by atoms with E-state index in [0.717, 1.165) is 24.2 Å². The van der Waals surface area contributed by atoms with E-state index in [4.69, 9.17) is 4.42 Å². The van der Waals surface area contributed by atoms with Crippen molar-refractivity contribution in [1.29, 1.82) is 0 Å². The van der Waals surface area contributed by atoms with E-state index in [0.29, 0.717) is 31.6 Å². The number of furan rings is 1. The average Bonchev–Trinajstić information content (AvgIpc) is 3.24. The lowest BCUT2D eigenvalue weighted by molar-refractivity contribution is 0.206. The first-order chi connectivity index (χ1) is 14.4. The van der Waals surface area contributed by atoms with Crippen molar-refractivity contribution in [2.45, 2.75) is 30.3 Å². The molecule has 0 bridgehead atoms. The highest BCUT2D eigenvalue weighted by molar-refractivity contribution is 7.92. The van der Waals surface area contributed by atoms with Gasteiger partial charge in [0.05, 0.1) is 23.1 Å². The van der Waals surface area contributed by atoms with Gasteiger partial charge in [-0.25, -0.2) is 17.2 Å². The lowest BCUT2D eigenvalue weighted by atomic mass is 10.0. The lowest BCUT2D eigenvalue weighted by Crippen LogP contribution is -2.47. The van der Waals surface area contributed by atoms with E-state index < -0.39 is 21.7 Å². The zero-order chi connectivity index (χ0) is 21.1. The lowest BCUT2D eigenvalue weighted by Gasteiger charge is -2.39. The van der Waals surface area contributed by atoms with Crippen LogP contribution in [0.5, 0.6) is 0 Å². The van der Waals surface area contributed by atoms with Crippen LogP contribution in [0.2, 0.25) is 0 Å². The second kappa shape index (κ2) is 8.57. The Labute approximate surface area is 174 Å². The van der Waals surface area contributed by atoms with E-state index >= 15 is 0 Å². The minimum atomic E-state index is -3.94. The molecule has 0 spiro atoms. The highest BCUT2D eigenvalue weighted by Crippen LogP contribution is 2.31. The van der Waals surface area contributed by atoms with Gasteiger partial charge in [0.15, 0.2) is 0 Å². The molecule has 0 N–H and O–H groups in total. The van der Waals surface area contributed by atoms with Crippen LogP contribution in [0, 0.1) is 11.6 Å². The number of likely N-dealkylation sites (tertiary alicyclic amines) is 1. The van der Waals surface area contributed by atoms with Gasteiger partial charge in [-0.05, 0) is 67.4 Å². The molecular formula is C22H22F2N2O3S. The van der Waals surface area contributed by atoms with Crippen molar-refractivity contribution < 1.29 is 21.6 Å². The van der Waals surface area contributed by atoms with Gasteiger partial charge >= 0.3 is 0 Å². The predicted octanol–water partition coefficient (Wildman–Crippen LogP) is 4.42. The number of hydrogen-bond donors (Lipinski definition) is 0. The molecule has 0 aliphatic carbocycles. The molecule has 0 unspecified atom stereocenters. The number of piperidine rings is 1. The smallest absolute Gasteiger partial charge is 0.264 e. The Kier molecular flexibility index (Phi) is 5.87. The fraction of sp³-hybridized carbons (Fsp3) is 0.273. The number of sulfonamides is 1. The first-order valence-corrected chi connectivity index (χ1v) is 11.2. The molecule has 5 nitrogen and oxygen atoms in total. The van der Waals surface area contributed by atoms with Crippen LogP contribution in [0.25, 0.3) is 0 Å². The van der Waals surface area contributed by atoms with E-state index in [2.05, 4.69) is 4.90 Å². The minimum absolute atomic E-state index is 0.00838. The summed E-state index contributed by atoms with van der Waals surface area (Å²) in [5.74, 6) is -0.942. The van der Waals surface area contributed by atoms with Gasteiger partial charge in [-0.2, -0.15) is 0 Å². The Hall–Kier alpha value is -2.71. The fourth-order valence-corrected chi connectivity index (χ4v) is 5.52. The molecule has 158 valence electrons. The number of anilines is 1. The molecule has 30 heavy (non-hydrogen) atoms. The predicted molar refractivity (Wildman–Crippen MR) is 109 cm³/mol. The van der Waals surface area contributed by atoms with Gasteiger partial charge in [-0.15, -0.1) is 0 Å². The molecule has 1 aliphatic rings. The highest BCUT2D eigenvalue weighted by atomic mass is 32.2. The van der Waals surface area contributed by atoms with Gasteiger partial charge in [0.25, 0.3) is 10.0 Å². The average molecular weight is 432 g/mol. The van der Waals surface area contributed by atoms with E-state index in [1.807, 2.05) is 6.07 Å². The summed E-state index contributed by atoms with van der Waals surface area (Å²) in [5, 5.41) is 0. The Morgan fingerprint density at radius 1 is 0.933 bits per heavy atom. The normalized spacial score (nSPS) is 15.9. The van der Waals surface area contributed by atoms with Crippen LogP contribution in [-0.4, -0.2) is 32.4 Å². The van der Waals surface area contributed by atoms with Crippen molar-refractivity contribution in [2.75, 3.05) is 17.4 Å². The Morgan fingerprint density at radius 3 is 2.10 bits per heavy atom. The van der Waals surface area contributed by atoms with Gasteiger partial charge in [-0.3, -0.25) is 9.21 Å². The summed E-state index contributed by atoms with van der Waals surface area (Å²) in [6.45, 7) is 2.17. The van der Waals surface area contributed by atoms with Crippen LogP contribution in [0.15, 0.2) is 76.4 Å². The maximum Gasteiger partial charge on any atom is 0.264 e. The Balaban J connectivity index is 1.60. The van der Waals surface area contributed by atoms with Crippen LogP contribution < -0.4 is 4.31 Å². The number of nitrogens with zero attached hydrogens (tertiary/aromatic N) is 2. The number of halogens is 2. The van der Waals surface area contributed by atoms with Crippen molar-refractivity contribution in [2.24, 2.45) is 0 Å². The number of hydrogen-bond acceptors (Lipinski definition) is 4. The zero-order valence-electron chi connectivity index (χ0n) is 16.2. The van der Waals surface area contributed by atoms with Crippen molar-refractivity contribution in [3.05, 3.63) is 84.3 Å². The van der Waals surface area contributed by atoms with Gasteiger partial charge in [-0.1, -0.05) is 0 Å². The molecule has 1 aromatic heterocycles. The van der Waals surface area contributed by atoms with Crippen LogP contribution in [0.3, 0.4) is 0 Å². The van der Waals surface area contributed by atoms with Crippen LogP contribution >= 0.6 is 0 Å². The van der Waals surface area contributed by atoms with E-state index in [1.165, 1.54) is 40.7 Å². The summed E-state index contributed by atoms with van der Waals surface area (Å²) in [6.07, 6.45) is 4.58. The van der Waals surface area contributed by atoms with Gasteiger partial charge in [0.2, 0.25) is 0 Å². The molecule has 3 aromatic rings. The summed E-state index contributed by atoms with van der Waals surface area (Å²) in [4.78, 5) is 2.25. The quantitative estimate of drug-likeness (QED) is 0.579. The SMILES string of the molecule is O=S(=O)(c1ccc(F)cc1)N(c1ccc(F)cc1)C1CCN(Cc2ccoc2)CC1. The zero-order valence-corrected chi connectivity index (χ0v) is 17.1. The summed E-state index contributed by atoms with van der Waals surface area (Å²) < 4.78 is 60.2. The maximum atomic E-state index is 13.5. The molecule has 8 heteroatoms. The topological polar surface area (TPSA) is 53.8 Å². The van der Waals surface area contributed by atoms with E-state index in [-0.39, 0.29) is 10.9 Å². The van der Waals surface area contributed by atoms with Crippen LogP contribution in [0.1, 0.15) is 18.4 Å². The van der Waals surface area contributed by atoms with Crippen molar-refractivity contribution >= 4 is 15.7 Å². The molecule has 0 amide bonds. The second-order valence-electron chi connectivity index (χ2n) is 7.37. The summed E-state index contributed by atoms with van der Waals surface area (Å²) in [7, 11) is -3.94. The van der Waals surface area contributed by atoms with Crippen molar-refractivity contribution in [3.8, 4) is 0 Å². The first kappa shape index (κ1) is 20.6. The van der Waals surface area contributed by atoms with Crippen molar-refractivity contribution in [3.63, 3.8) is 0 Å². The number of benzene rings is 2. The first-order valence-electron chi connectivity index (χ1n) is 9.72. The fourth-order valence-electron chi connectivity index (χ4n) is 3.81. The molecule has 1 aliphatic heterocycles. The minimum Gasteiger partial charge on any atom is -0.472 e. The van der Waals surface area contributed by atoms with E-state index in [1.54, 1.807) is 12.5 Å². The largest absolute Gasteiger partial charge is 0.472 e. The third-order valence-corrected chi connectivity index (χ3v) is 7.22. The van der Waals surface area contributed by atoms with Crippen LogP contribution in [0.4, 0.5) is 14.5 Å². The molecule has 0 saturated carbocycles. The highest BCUT2D eigenvalue weighted by Gasteiger charge is 2.34. The Morgan fingerprint density at radius 2 is 1.53 bits per heavy atom. The molecule has 0 radical (unpaired) electrons. The second-order valence-corrected chi connectivity index (χ2v) is 9.19. The Bertz CT molecular complexity index is 1060. The van der Waals surface area contributed by atoms with Crippen LogP contribution in [-0.2, 0) is 16.6 Å². The monoisotopic (exact) mass is 432 g/mol. The molecule has 2 heterocycles. The molecule has 4 rings (SSSR count). The third-order valence-electron chi connectivity index (χ3n) is 5.33. The summed E-state index contributed by atoms with van der Waals surface area (Å²) in [6, 6.07) is 11.8. The molecular weight excluding hydrogens is 410 g/mol. The van der Waals surface area contributed by atoms with Gasteiger partial charge in [0.1, 0.15) is 11.6 Å². The van der Waals surface area contributed by atoms with Gasteiger partial charge in [0, 0.05) is 31.2 Å². The summed E-state index contributed by atoms with van der Waals surface area (Å²) in [5.41, 5.74) is 1.47. The third kappa shape index (κ3) is 4.39. The summed E-state index contributed by atoms with van der Waals surface area (Å²) >= 11 is 0. The standard InChI is InChI=1S/C22H22F2N2O3S/c23-18-1-5-20(6-2-18)26(30(27,28)22-7-3-19(24)4-8-22)21-9-12-25(13-10-21)15-17-11-14-29-16-17/h1-8,11,14,16,21H,9-10,12-13,15H2.